The first kappa shape index (κ1) is 13.7. The molecule has 2 aromatic rings. The van der Waals surface area contributed by atoms with E-state index in [0.29, 0.717) is 5.82 Å². The molecule has 0 unspecified atom stereocenters. The highest BCUT2D eigenvalue weighted by atomic mass is 16.4. The van der Waals surface area contributed by atoms with Crippen molar-refractivity contribution >= 4 is 17.7 Å². The van der Waals surface area contributed by atoms with Crippen LogP contribution in [0.15, 0.2) is 24.4 Å². The average Bonchev–Trinajstić information content (AvgIpc) is 2.86. The van der Waals surface area contributed by atoms with Gasteiger partial charge in [-0.3, -0.25) is 14.9 Å². The number of aryl methyl sites for hydroxylation is 1. The summed E-state index contributed by atoms with van der Waals surface area (Å²) >= 11 is 0. The second kappa shape index (κ2) is 5.96. The van der Waals surface area contributed by atoms with Crippen LogP contribution in [-0.2, 0) is 6.42 Å². The third-order valence-corrected chi connectivity index (χ3v) is 2.65. The van der Waals surface area contributed by atoms with E-state index in [0.717, 1.165) is 18.5 Å². The molecular weight excluding hydrogens is 260 g/mol. The van der Waals surface area contributed by atoms with Crippen LogP contribution in [0.3, 0.4) is 0 Å². The number of aromatic amines is 1. The topological polar surface area (TPSA) is 108 Å². The lowest BCUT2D eigenvalue weighted by Crippen LogP contribution is -2.18. The first-order valence-corrected chi connectivity index (χ1v) is 6.15. The molecule has 0 aliphatic carbocycles. The maximum absolute atomic E-state index is 12.0. The van der Waals surface area contributed by atoms with Gasteiger partial charge in [-0.15, -0.1) is 0 Å². The maximum atomic E-state index is 12.0. The Morgan fingerprint density at radius 2 is 2.25 bits per heavy atom. The molecule has 7 heteroatoms. The van der Waals surface area contributed by atoms with Crippen LogP contribution in [0.25, 0.3) is 0 Å². The summed E-state index contributed by atoms with van der Waals surface area (Å²) in [5.74, 6) is -1.45. The number of hydrogen-bond acceptors (Lipinski definition) is 4. The van der Waals surface area contributed by atoms with Gasteiger partial charge in [0.15, 0.2) is 5.82 Å². The van der Waals surface area contributed by atoms with E-state index in [1.807, 2.05) is 6.92 Å². The maximum Gasteiger partial charge on any atom is 0.338 e. The van der Waals surface area contributed by atoms with E-state index in [-0.39, 0.29) is 11.3 Å². The number of rotatable bonds is 5. The number of pyridine rings is 1. The first-order chi connectivity index (χ1) is 9.61. The lowest BCUT2D eigenvalue weighted by molar-refractivity contribution is 0.0691. The Morgan fingerprint density at radius 3 is 2.95 bits per heavy atom. The van der Waals surface area contributed by atoms with Gasteiger partial charge in [0.05, 0.1) is 5.56 Å². The van der Waals surface area contributed by atoms with E-state index in [1.54, 1.807) is 6.07 Å². The summed E-state index contributed by atoms with van der Waals surface area (Å²) in [7, 11) is 0. The van der Waals surface area contributed by atoms with Crippen molar-refractivity contribution in [3.8, 4) is 0 Å². The number of amides is 1. The summed E-state index contributed by atoms with van der Waals surface area (Å²) in [6.45, 7) is 2.03. The Bertz CT molecular complexity index is 636. The highest BCUT2D eigenvalue weighted by Gasteiger charge is 2.18. The molecule has 0 aliphatic heterocycles. The highest BCUT2D eigenvalue weighted by Crippen LogP contribution is 2.11. The van der Waals surface area contributed by atoms with Crippen LogP contribution in [0, 0.1) is 0 Å². The number of carboxylic acid groups (broad SMARTS) is 1. The molecule has 0 fully saturated rings. The van der Waals surface area contributed by atoms with Crippen LogP contribution < -0.4 is 5.32 Å². The average molecular weight is 274 g/mol. The van der Waals surface area contributed by atoms with E-state index in [4.69, 9.17) is 5.11 Å². The minimum absolute atomic E-state index is 0.139. The number of nitrogens with one attached hydrogen (secondary N) is 2. The van der Waals surface area contributed by atoms with Gasteiger partial charge in [-0.2, -0.15) is 5.10 Å². The Hall–Kier alpha value is -2.70. The molecule has 2 rings (SSSR count). The second-order valence-corrected chi connectivity index (χ2v) is 4.19. The number of carbonyl (C=O) groups is 2. The van der Waals surface area contributed by atoms with Crippen molar-refractivity contribution < 1.29 is 14.7 Å². The molecule has 0 saturated heterocycles. The summed E-state index contributed by atoms with van der Waals surface area (Å²) in [6, 6.07) is 4.51. The smallest absolute Gasteiger partial charge is 0.338 e. The van der Waals surface area contributed by atoms with Crippen molar-refractivity contribution in [2.45, 2.75) is 19.8 Å². The van der Waals surface area contributed by atoms with Gasteiger partial charge in [0, 0.05) is 18.0 Å². The molecule has 0 aliphatic rings. The van der Waals surface area contributed by atoms with E-state index in [1.165, 1.54) is 18.3 Å². The van der Waals surface area contributed by atoms with Crippen LogP contribution >= 0.6 is 0 Å². The van der Waals surface area contributed by atoms with E-state index >= 15 is 0 Å². The third-order valence-electron chi connectivity index (χ3n) is 2.65. The van der Waals surface area contributed by atoms with Crippen LogP contribution in [0.4, 0.5) is 5.82 Å². The molecule has 7 nitrogen and oxygen atoms in total. The lowest BCUT2D eigenvalue weighted by atomic mass is 10.2. The molecule has 0 saturated carbocycles. The molecule has 2 aromatic heterocycles. The Balaban J connectivity index is 2.17. The second-order valence-electron chi connectivity index (χ2n) is 4.19. The fourth-order valence-corrected chi connectivity index (χ4v) is 1.76. The largest absolute Gasteiger partial charge is 0.478 e. The standard InChI is InChI=1S/C13H14N4O3/c1-2-4-8-7-10(17-16-8)15-12(18)11-9(13(19)20)5-3-6-14-11/h3,5-7H,2,4H2,1H3,(H,19,20)(H2,15,16,17,18). The molecule has 20 heavy (non-hydrogen) atoms. The molecule has 104 valence electrons. The van der Waals surface area contributed by atoms with Gasteiger partial charge in [-0.25, -0.2) is 4.79 Å². The third kappa shape index (κ3) is 3.00. The van der Waals surface area contributed by atoms with Crippen molar-refractivity contribution in [3.63, 3.8) is 0 Å². The number of aromatic carboxylic acids is 1. The van der Waals surface area contributed by atoms with E-state index < -0.39 is 11.9 Å². The molecule has 2 heterocycles. The number of hydrogen-bond donors (Lipinski definition) is 3. The number of nitrogens with zero attached hydrogens (tertiary/aromatic N) is 2. The molecule has 0 atom stereocenters. The van der Waals surface area contributed by atoms with Gasteiger partial charge in [-0.05, 0) is 18.6 Å². The zero-order valence-electron chi connectivity index (χ0n) is 10.9. The van der Waals surface area contributed by atoms with Crippen LogP contribution in [0.5, 0.6) is 0 Å². The van der Waals surface area contributed by atoms with Crippen LogP contribution in [-0.4, -0.2) is 32.2 Å². The van der Waals surface area contributed by atoms with Gasteiger partial charge in [0.25, 0.3) is 5.91 Å². The number of anilines is 1. The van der Waals surface area contributed by atoms with Crippen molar-refractivity contribution in [1.82, 2.24) is 15.2 Å². The number of aromatic nitrogens is 3. The SMILES string of the molecule is CCCc1cc(NC(=O)c2ncccc2C(=O)O)n[nH]1. The van der Waals surface area contributed by atoms with Crippen molar-refractivity contribution in [2.75, 3.05) is 5.32 Å². The fraction of sp³-hybridized carbons (Fsp3) is 0.231. The predicted molar refractivity (Wildman–Crippen MR) is 71.7 cm³/mol. The zero-order valence-corrected chi connectivity index (χ0v) is 10.9. The van der Waals surface area contributed by atoms with E-state index in [2.05, 4.69) is 20.5 Å². The number of H-pyrrole nitrogens is 1. The molecule has 1 amide bonds. The normalized spacial score (nSPS) is 10.2. The first-order valence-electron chi connectivity index (χ1n) is 6.15. The van der Waals surface area contributed by atoms with E-state index in [9.17, 15) is 9.59 Å². The molecular formula is C13H14N4O3. The van der Waals surface area contributed by atoms with Crippen molar-refractivity contribution in [3.05, 3.63) is 41.3 Å². The quantitative estimate of drug-likeness (QED) is 0.769. The minimum atomic E-state index is -1.20. The van der Waals surface area contributed by atoms with Crippen molar-refractivity contribution in [1.29, 1.82) is 0 Å². The Labute approximate surface area is 115 Å². The predicted octanol–water partition coefficient (Wildman–Crippen LogP) is 1.71. The molecule has 3 N–H and O–H groups in total. The molecule has 0 radical (unpaired) electrons. The molecule has 0 spiro atoms. The van der Waals surface area contributed by atoms with Crippen LogP contribution in [0.1, 0.15) is 39.9 Å². The lowest BCUT2D eigenvalue weighted by Gasteiger charge is -2.03. The summed E-state index contributed by atoms with van der Waals surface area (Å²) in [5, 5.41) is 18.3. The zero-order chi connectivity index (χ0) is 14.5. The number of carboxylic acids is 1. The van der Waals surface area contributed by atoms with Crippen LogP contribution in [0.2, 0.25) is 0 Å². The summed E-state index contributed by atoms with van der Waals surface area (Å²) in [6.07, 6.45) is 3.15. The fourth-order valence-electron chi connectivity index (χ4n) is 1.76. The summed E-state index contributed by atoms with van der Waals surface area (Å²) in [5.41, 5.74) is 0.622. The van der Waals surface area contributed by atoms with Gasteiger partial charge in [0.2, 0.25) is 0 Å². The Kier molecular flexibility index (Phi) is 4.09. The number of carbonyl (C=O) groups excluding carboxylic acids is 1. The summed E-state index contributed by atoms with van der Waals surface area (Å²) < 4.78 is 0. The van der Waals surface area contributed by atoms with Gasteiger partial charge in [-0.1, -0.05) is 13.3 Å². The Morgan fingerprint density at radius 1 is 1.45 bits per heavy atom. The van der Waals surface area contributed by atoms with Gasteiger partial charge < -0.3 is 10.4 Å². The highest BCUT2D eigenvalue weighted by molar-refractivity contribution is 6.08. The molecule has 0 bridgehead atoms. The summed E-state index contributed by atoms with van der Waals surface area (Å²) in [4.78, 5) is 26.9. The minimum Gasteiger partial charge on any atom is -0.478 e. The molecule has 0 aromatic carbocycles. The monoisotopic (exact) mass is 274 g/mol. The van der Waals surface area contributed by atoms with Crippen molar-refractivity contribution in [2.24, 2.45) is 0 Å². The van der Waals surface area contributed by atoms with Gasteiger partial charge >= 0.3 is 5.97 Å². The van der Waals surface area contributed by atoms with Gasteiger partial charge in [0.1, 0.15) is 5.69 Å².